The van der Waals surface area contributed by atoms with Crippen LogP contribution in [0.25, 0.3) is 16.9 Å². The molecule has 0 unspecified atom stereocenters. The Morgan fingerprint density at radius 3 is 2.67 bits per heavy atom. The van der Waals surface area contributed by atoms with Gasteiger partial charge in [0.25, 0.3) is 5.91 Å². The summed E-state index contributed by atoms with van der Waals surface area (Å²) in [6.07, 6.45) is 3.52. The first-order chi connectivity index (χ1) is 13.0. The molecule has 0 aliphatic heterocycles. The van der Waals surface area contributed by atoms with E-state index in [2.05, 4.69) is 10.1 Å². The molecule has 0 bridgehead atoms. The third kappa shape index (κ3) is 3.29. The van der Waals surface area contributed by atoms with Crippen LogP contribution in [-0.2, 0) is 6.54 Å². The second kappa shape index (κ2) is 6.85. The lowest BCUT2D eigenvalue weighted by atomic mass is 10.1. The lowest BCUT2D eigenvalue weighted by molar-refractivity contribution is 0.0815. The molecule has 0 aliphatic carbocycles. The van der Waals surface area contributed by atoms with Gasteiger partial charge in [0.15, 0.2) is 0 Å². The normalized spacial score (nSPS) is 11.1. The molecule has 3 heterocycles. The maximum absolute atomic E-state index is 12.1. The Morgan fingerprint density at radius 2 is 1.93 bits per heavy atom. The molecule has 4 aromatic rings. The molecular weight excluding hydrogens is 364 g/mol. The summed E-state index contributed by atoms with van der Waals surface area (Å²) in [5.41, 5.74) is 3.58. The molecule has 0 N–H and O–H groups in total. The van der Waals surface area contributed by atoms with Gasteiger partial charge in [0.1, 0.15) is 12.0 Å². The van der Waals surface area contributed by atoms with Crippen molar-refractivity contribution in [3.05, 3.63) is 71.5 Å². The standard InChI is InChI=1S/C19H17ClN6O/c1-24(2)19(27)18-21-12-25(23-18)11-15-17(13-6-8-14(20)9-7-13)22-16-5-3-4-10-26(15)16/h3-10,12H,11H2,1-2H3. The van der Waals surface area contributed by atoms with Crippen LogP contribution < -0.4 is 0 Å². The van der Waals surface area contributed by atoms with Crippen molar-refractivity contribution in [2.75, 3.05) is 14.1 Å². The van der Waals surface area contributed by atoms with E-state index < -0.39 is 0 Å². The van der Waals surface area contributed by atoms with Crippen molar-refractivity contribution in [1.29, 1.82) is 0 Å². The summed E-state index contributed by atoms with van der Waals surface area (Å²) in [5.74, 6) is -0.0633. The number of carbonyl (C=O) groups is 1. The summed E-state index contributed by atoms with van der Waals surface area (Å²) in [6, 6.07) is 13.4. The Hall–Kier alpha value is -3.19. The van der Waals surface area contributed by atoms with E-state index in [0.29, 0.717) is 11.6 Å². The molecule has 136 valence electrons. The Balaban J connectivity index is 1.77. The number of pyridine rings is 1. The highest BCUT2D eigenvalue weighted by atomic mass is 35.5. The van der Waals surface area contributed by atoms with Gasteiger partial charge in [-0.1, -0.05) is 29.8 Å². The van der Waals surface area contributed by atoms with Crippen molar-refractivity contribution in [1.82, 2.24) is 29.0 Å². The molecule has 27 heavy (non-hydrogen) atoms. The number of benzene rings is 1. The van der Waals surface area contributed by atoms with Crippen molar-refractivity contribution in [2.45, 2.75) is 6.54 Å². The first-order valence-electron chi connectivity index (χ1n) is 8.36. The summed E-state index contributed by atoms with van der Waals surface area (Å²) in [7, 11) is 3.35. The monoisotopic (exact) mass is 380 g/mol. The van der Waals surface area contributed by atoms with E-state index in [0.717, 1.165) is 22.6 Å². The van der Waals surface area contributed by atoms with Gasteiger partial charge in [-0.3, -0.25) is 4.79 Å². The summed E-state index contributed by atoms with van der Waals surface area (Å²) in [4.78, 5) is 22.4. The van der Waals surface area contributed by atoms with Crippen molar-refractivity contribution < 1.29 is 4.79 Å². The zero-order valence-corrected chi connectivity index (χ0v) is 15.6. The summed E-state index contributed by atoms with van der Waals surface area (Å²) in [5, 5.41) is 4.99. The first-order valence-corrected chi connectivity index (χ1v) is 8.74. The van der Waals surface area contributed by atoms with Crippen LogP contribution in [0.3, 0.4) is 0 Å². The fraction of sp³-hybridized carbons (Fsp3) is 0.158. The molecule has 0 fully saturated rings. The van der Waals surface area contributed by atoms with Crippen LogP contribution in [0.15, 0.2) is 55.0 Å². The number of fused-ring (bicyclic) bond motifs is 1. The van der Waals surface area contributed by atoms with Gasteiger partial charge in [-0.05, 0) is 24.3 Å². The number of hydrogen-bond donors (Lipinski definition) is 0. The maximum atomic E-state index is 12.1. The number of hydrogen-bond acceptors (Lipinski definition) is 4. The summed E-state index contributed by atoms with van der Waals surface area (Å²) >= 11 is 6.02. The van der Waals surface area contributed by atoms with Gasteiger partial charge < -0.3 is 9.30 Å². The van der Waals surface area contributed by atoms with Crippen LogP contribution in [-0.4, -0.2) is 49.1 Å². The number of carbonyl (C=O) groups excluding carboxylic acids is 1. The minimum Gasteiger partial charge on any atom is -0.342 e. The Kier molecular flexibility index (Phi) is 4.37. The highest BCUT2D eigenvalue weighted by Crippen LogP contribution is 2.26. The van der Waals surface area contributed by atoms with Crippen LogP contribution in [0.4, 0.5) is 0 Å². The van der Waals surface area contributed by atoms with Gasteiger partial charge in [-0.15, -0.1) is 5.10 Å². The minimum atomic E-state index is -0.232. The van der Waals surface area contributed by atoms with Crippen LogP contribution in [0, 0.1) is 0 Å². The van der Waals surface area contributed by atoms with E-state index in [1.54, 1.807) is 25.1 Å². The van der Waals surface area contributed by atoms with E-state index in [1.807, 2.05) is 53.1 Å². The molecule has 4 rings (SSSR count). The second-order valence-electron chi connectivity index (χ2n) is 6.31. The third-order valence-corrected chi connectivity index (χ3v) is 4.44. The Bertz CT molecular complexity index is 1110. The molecule has 7 nitrogen and oxygen atoms in total. The number of aromatic nitrogens is 5. The fourth-order valence-corrected chi connectivity index (χ4v) is 2.98. The Labute approximate surface area is 160 Å². The maximum Gasteiger partial charge on any atom is 0.293 e. The Morgan fingerprint density at radius 1 is 1.15 bits per heavy atom. The highest BCUT2D eigenvalue weighted by molar-refractivity contribution is 6.30. The molecule has 0 saturated heterocycles. The number of nitrogens with zero attached hydrogens (tertiary/aromatic N) is 6. The molecule has 0 spiro atoms. The van der Waals surface area contributed by atoms with Crippen molar-refractivity contribution in [3.8, 4) is 11.3 Å². The van der Waals surface area contributed by atoms with Gasteiger partial charge in [0.2, 0.25) is 5.82 Å². The molecule has 0 radical (unpaired) electrons. The van der Waals surface area contributed by atoms with Gasteiger partial charge >= 0.3 is 0 Å². The van der Waals surface area contributed by atoms with Gasteiger partial charge in [0.05, 0.1) is 17.9 Å². The highest BCUT2D eigenvalue weighted by Gasteiger charge is 2.17. The zero-order valence-electron chi connectivity index (χ0n) is 14.9. The number of rotatable bonds is 4. The zero-order chi connectivity index (χ0) is 19.0. The van der Waals surface area contributed by atoms with E-state index in [-0.39, 0.29) is 11.7 Å². The minimum absolute atomic E-state index is 0.168. The van der Waals surface area contributed by atoms with Gasteiger partial charge in [0, 0.05) is 30.9 Å². The molecule has 1 amide bonds. The van der Waals surface area contributed by atoms with Crippen LogP contribution in [0.1, 0.15) is 16.3 Å². The van der Waals surface area contributed by atoms with Gasteiger partial charge in [-0.25, -0.2) is 14.6 Å². The van der Waals surface area contributed by atoms with Crippen LogP contribution >= 0.6 is 11.6 Å². The molecular formula is C19H17ClN6O. The quantitative estimate of drug-likeness (QED) is 0.545. The smallest absolute Gasteiger partial charge is 0.293 e. The first kappa shape index (κ1) is 17.2. The van der Waals surface area contributed by atoms with E-state index >= 15 is 0 Å². The molecule has 0 saturated carbocycles. The molecule has 8 heteroatoms. The van der Waals surface area contributed by atoms with E-state index in [9.17, 15) is 4.79 Å². The number of imidazole rings is 1. The van der Waals surface area contributed by atoms with Gasteiger partial charge in [-0.2, -0.15) is 0 Å². The topological polar surface area (TPSA) is 68.3 Å². The number of amides is 1. The van der Waals surface area contributed by atoms with Crippen molar-refractivity contribution in [3.63, 3.8) is 0 Å². The third-order valence-electron chi connectivity index (χ3n) is 4.19. The van der Waals surface area contributed by atoms with Crippen molar-refractivity contribution in [2.24, 2.45) is 0 Å². The van der Waals surface area contributed by atoms with E-state index in [1.165, 1.54) is 4.90 Å². The molecule has 3 aromatic heterocycles. The van der Waals surface area contributed by atoms with Crippen LogP contribution in [0.5, 0.6) is 0 Å². The molecule has 1 aromatic carbocycles. The fourth-order valence-electron chi connectivity index (χ4n) is 2.86. The summed E-state index contributed by atoms with van der Waals surface area (Å²) in [6.45, 7) is 0.427. The predicted molar refractivity (Wildman–Crippen MR) is 103 cm³/mol. The average Bonchev–Trinajstić information content (AvgIpc) is 3.27. The molecule has 0 aliphatic rings. The lowest BCUT2D eigenvalue weighted by Gasteiger charge is -2.07. The SMILES string of the molecule is CN(C)C(=O)c1ncn(Cc2c(-c3ccc(Cl)cc3)nc3ccccn23)n1. The predicted octanol–water partition coefficient (Wildman–Crippen LogP) is 3.00. The number of halogens is 1. The largest absolute Gasteiger partial charge is 0.342 e. The second-order valence-corrected chi connectivity index (χ2v) is 6.74. The van der Waals surface area contributed by atoms with E-state index in [4.69, 9.17) is 16.6 Å². The summed E-state index contributed by atoms with van der Waals surface area (Å²) < 4.78 is 3.66. The average molecular weight is 381 g/mol. The molecule has 0 atom stereocenters. The lowest BCUT2D eigenvalue weighted by Crippen LogP contribution is -2.23. The van der Waals surface area contributed by atoms with Crippen LogP contribution in [0.2, 0.25) is 5.02 Å². The van der Waals surface area contributed by atoms with Crippen molar-refractivity contribution >= 4 is 23.2 Å².